The Hall–Kier alpha value is -0.830. The van der Waals surface area contributed by atoms with Gasteiger partial charge in [-0.15, -0.1) is 10.2 Å². The number of benzene rings is 2. The van der Waals surface area contributed by atoms with Crippen LogP contribution < -0.4 is 5.73 Å². The Bertz CT molecular complexity index is 761. The molecule has 0 radical (unpaired) electrons. The summed E-state index contributed by atoms with van der Waals surface area (Å²) >= 11 is 7.38. The molecule has 1 unspecified atom stereocenters. The monoisotopic (exact) mass is 471 g/mol. The first-order valence-corrected chi connectivity index (χ1v) is 8.93. The van der Waals surface area contributed by atoms with Gasteiger partial charge in [-0.3, -0.25) is 0 Å². The molecule has 0 spiro atoms. The van der Waals surface area contributed by atoms with Gasteiger partial charge < -0.3 is 5.73 Å². The molecule has 0 saturated carbocycles. The molecular weight excluding hydrogens is 461 g/mol. The third kappa shape index (κ3) is 3.33. The van der Waals surface area contributed by atoms with Gasteiger partial charge in [0.15, 0.2) is 0 Å². The summed E-state index contributed by atoms with van der Waals surface area (Å²) in [5.41, 5.74) is 8.36. The molecule has 3 aromatic rings. The maximum atomic E-state index is 6.27. The Morgan fingerprint density at radius 1 is 1.10 bits per heavy atom. The molecule has 1 heterocycles. The highest BCUT2D eigenvalue weighted by Gasteiger charge is 2.16. The summed E-state index contributed by atoms with van der Waals surface area (Å²) in [6, 6.07) is 15.9. The van der Waals surface area contributed by atoms with Gasteiger partial charge in [-0.05, 0) is 46.4 Å². The van der Waals surface area contributed by atoms with Crippen molar-refractivity contribution in [3.63, 3.8) is 0 Å². The quantitative estimate of drug-likeness (QED) is 0.567. The third-order valence-electron chi connectivity index (χ3n) is 3.02. The van der Waals surface area contributed by atoms with Crippen molar-refractivity contribution in [2.24, 2.45) is 5.73 Å². The summed E-state index contributed by atoms with van der Waals surface area (Å²) in [6.45, 7) is 0. The summed E-state index contributed by atoms with van der Waals surface area (Å²) in [5.74, 6) is 0. The van der Waals surface area contributed by atoms with Crippen molar-refractivity contribution < 1.29 is 0 Å². The standard InChI is InChI=1S/C15H11BrIN3S/c16-12-7-6-10(17)8-11(12)14-19-20-15(21-14)13(18)9-4-2-1-3-5-9/h1-8,13H,18H2. The lowest BCUT2D eigenvalue weighted by atomic mass is 10.1. The maximum absolute atomic E-state index is 6.27. The van der Waals surface area contributed by atoms with Crippen LogP contribution in [0.4, 0.5) is 0 Å². The molecule has 0 bridgehead atoms. The van der Waals surface area contributed by atoms with Crippen molar-refractivity contribution >= 4 is 49.9 Å². The maximum Gasteiger partial charge on any atom is 0.149 e. The van der Waals surface area contributed by atoms with Gasteiger partial charge >= 0.3 is 0 Å². The van der Waals surface area contributed by atoms with E-state index in [2.05, 4.69) is 54.8 Å². The number of hydrogen-bond acceptors (Lipinski definition) is 4. The van der Waals surface area contributed by atoms with E-state index in [4.69, 9.17) is 5.73 Å². The zero-order chi connectivity index (χ0) is 14.8. The molecule has 1 atom stereocenters. The summed E-state index contributed by atoms with van der Waals surface area (Å²) in [7, 11) is 0. The van der Waals surface area contributed by atoms with Gasteiger partial charge in [0.05, 0.1) is 6.04 Å². The summed E-state index contributed by atoms with van der Waals surface area (Å²) in [5, 5.41) is 10.2. The molecule has 0 amide bonds. The highest BCUT2D eigenvalue weighted by molar-refractivity contribution is 14.1. The van der Waals surface area contributed by atoms with Crippen molar-refractivity contribution in [2.45, 2.75) is 6.04 Å². The number of hydrogen-bond donors (Lipinski definition) is 1. The number of halogens is 2. The summed E-state index contributed by atoms with van der Waals surface area (Å²) in [4.78, 5) is 0. The van der Waals surface area contributed by atoms with Crippen molar-refractivity contribution in [2.75, 3.05) is 0 Å². The molecule has 3 rings (SSSR count). The van der Waals surface area contributed by atoms with Crippen LogP contribution in [0.2, 0.25) is 0 Å². The molecular formula is C15H11BrIN3S. The van der Waals surface area contributed by atoms with Crippen LogP contribution in [-0.4, -0.2) is 10.2 Å². The number of nitrogens with two attached hydrogens (primary N) is 1. The molecule has 1 aromatic heterocycles. The molecule has 0 aliphatic heterocycles. The zero-order valence-corrected chi connectivity index (χ0v) is 15.4. The molecule has 3 nitrogen and oxygen atoms in total. The first kappa shape index (κ1) is 15.1. The predicted molar refractivity (Wildman–Crippen MR) is 98.2 cm³/mol. The second-order valence-electron chi connectivity index (χ2n) is 4.46. The molecule has 0 fully saturated rings. The highest BCUT2D eigenvalue weighted by atomic mass is 127. The minimum atomic E-state index is -0.237. The molecule has 106 valence electrons. The molecule has 21 heavy (non-hydrogen) atoms. The topological polar surface area (TPSA) is 51.8 Å². The second-order valence-corrected chi connectivity index (χ2v) is 7.57. The van der Waals surface area contributed by atoms with E-state index in [0.717, 1.165) is 29.2 Å². The lowest BCUT2D eigenvalue weighted by Crippen LogP contribution is -2.11. The average molecular weight is 472 g/mol. The first-order valence-electron chi connectivity index (χ1n) is 6.24. The van der Waals surface area contributed by atoms with E-state index in [1.165, 1.54) is 11.3 Å². The highest BCUT2D eigenvalue weighted by Crippen LogP contribution is 2.34. The summed E-state index contributed by atoms with van der Waals surface area (Å²) < 4.78 is 2.17. The number of nitrogens with zero attached hydrogens (tertiary/aromatic N) is 2. The minimum Gasteiger partial charge on any atom is -0.318 e. The van der Waals surface area contributed by atoms with Crippen LogP contribution in [0.15, 0.2) is 53.0 Å². The average Bonchev–Trinajstić information content (AvgIpc) is 2.99. The van der Waals surface area contributed by atoms with Crippen molar-refractivity contribution in [3.8, 4) is 10.6 Å². The van der Waals surface area contributed by atoms with Crippen molar-refractivity contribution in [3.05, 3.63) is 67.1 Å². The predicted octanol–water partition coefficient (Wildman–Crippen LogP) is 4.62. The van der Waals surface area contributed by atoms with Gasteiger partial charge in [0.2, 0.25) is 0 Å². The van der Waals surface area contributed by atoms with Gasteiger partial charge in [0, 0.05) is 13.6 Å². The van der Waals surface area contributed by atoms with Crippen LogP contribution >= 0.6 is 49.9 Å². The van der Waals surface area contributed by atoms with Crippen LogP contribution in [0.3, 0.4) is 0 Å². The lowest BCUT2D eigenvalue weighted by molar-refractivity contribution is 0.831. The van der Waals surface area contributed by atoms with Gasteiger partial charge in [-0.25, -0.2) is 0 Å². The first-order chi connectivity index (χ1) is 10.1. The molecule has 0 aliphatic rings. The van der Waals surface area contributed by atoms with E-state index in [-0.39, 0.29) is 6.04 Å². The largest absolute Gasteiger partial charge is 0.318 e. The summed E-state index contributed by atoms with van der Waals surface area (Å²) in [6.07, 6.45) is 0. The Morgan fingerprint density at radius 3 is 2.62 bits per heavy atom. The van der Waals surface area contributed by atoms with E-state index in [9.17, 15) is 0 Å². The van der Waals surface area contributed by atoms with E-state index in [0.29, 0.717) is 0 Å². The minimum absolute atomic E-state index is 0.237. The fourth-order valence-electron chi connectivity index (χ4n) is 1.93. The number of aromatic nitrogens is 2. The lowest BCUT2D eigenvalue weighted by Gasteiger charge is -2.07. The van der Waals surface area contributed by atoms with Crippen LogP contribution in [-0.2, 0) is 0 Å². The Balaban J connectivity index is 1.95. The van der Waals surface area contributed by atoms with Crippen molar-refractivity contribution in [1.29, 1.82) is 0 Å². The van der Waals surface area contributed by atoms with E-state index < -0.39 is 0 Å². The van der Waals surface area contributed by atoms with Gasteiger partial charge in [0.25, 0.3) is 0 Å². The molecule has 0 aliphatic carbocycles. The fourth-order valence-corrected chi connectivity index (χ4v) is 3.89. The third-order valence-corrected chi connectivity index (χ3v) is 5.43. The Kier molecular flexibility index (Phi) is 4.68. The van der Waals surface area contributed by atoms with Gasteiger partial charge in [0.1, 0.15) is 10.0 Å². The fraction of sp³-hybridized carbons (Fsp3) is 0.0667. The second kappa shape index (κ2) is 6.51. The van der Waals surface area contributed by atoms with Crippen LogP contribution in [0, 0.1) is 3.57 Å². The van der Waals surface area contributed by atoms with E-state index in [1.807, 2.05) is 42.5 Å². The van der Waals surface area contributed by atoms with Gasteiger partial charge in [-0.1, -0.05) is 57.6 Å². The Morgan fingerprint density at radius 2 is 1.86 bits per heavy atom. The Labute approximate surface area is 148 Å². The van der Waals surface area contributed by atoms with Crippen LogP contribution in [0.1, 0.15) is 16.6 Å². The molecule has 6 heteroatoms. The smallest absolute Gasteiger partial charge is 0.149 e. The van der Waals surface area contributed by atoms with Crippen LogP contribution in [0.5, 0.6) is 0 Å². The van der Waals surface area contributed by atoms with Crippen molar-refractivity contribution in [1.82, 2.24) is 10.2 Å². The molecule has 2 N–H and O–H groups in total. The van der Waals surface area contributed by atoms with E-state index >= 15 is 0 Å². The zero-order valence-electron chi connectivity index (χ0n) is 10.8. The molecule has 2 aromatic carbocycles. The SMILES string of the molecule is NC(c1ccccc1)c1nnc(-c2cc(I)ccc2Br)s1. The normalized spacial score (nSPS) is 12.3. The van der Waals surface area contributed by atoms with Gasteiger partial charge in [-0.2, -0.15) is 0 Å². The molecule has 0 saturated heterocycles. The number of rotatable bonds is 3. The van der Waals surface area contributed by atoms with Crippen LogP contribution in [0.25, 0.3) is 10.6 Å². The van der Waals surface area contributed by atoms with E-state index in [1.54, 1.807) is 0 Å².